The SMILES string of the molecule is C[CH2][Sn+2][CH2]CCC(C)N.C[S-].C[S-]. The van der Waals surface area contributed by atoms with Gasteiger partial charge in [0.05, 0.1) is 0 Å². The van der Waals surface area contributed by atoms with Crippen molar-refractivity contribution in [3.8, 4) is 0 Å². The van der Waals surface area contributed by atoms with E-state index in [0.29, 0.717) is 6.04 Å². The van der Waals surface area contributed by atoms with Gasteiger partial charge in [-0.05, 0) is 0 Å². The summed E-state index contributed by atoms with van der Waals surface area (Å²) in [5, 5.41) is 0. The number of hydrogen-bond donors (Lipinski definition) is 1. The van der Waals surface area contributed by atoms with Crippen molar-refractivity contribution in [3.05, 3.63) is 0 Å². The Morgan fingerprint density at radius 3 is 2.00 bits per heavy atom. The molecule has 80 valence electrons. The minimum Gasteiger partial charge on any atom is -0.796 e. The van der Waals surface area contributed by atoms with Crippen molar-refractivity contribution >= 4 is 46.4 Å². The average Bonchev–Trinajstić information content (AvgIpc) is 2.19. The zero-order valence-electron chi connectivity index (χ0n) is 9.30. The molecule has 0 aliphatic carbocycles. The maximum Gasteiger partial charge on any atom is -0.189 e. The minimum absolute atomic E-state index is 0.0892. The van der Waals surface area contributed by atoms with Gasteiger partial charge in [0, 0.05) is 0 Å². The van der Waals surface area contributed by atoms with Crippen molar-refractivity contribution in [3.63, 3.8) is 0 Å². The molecule has 0 aromatic heterocycles. The van der Waals surface area contributed by atoms with Gasteiger partial charge in [-0.3, -0.25) is 0 Å². The van der Waals surface area contributed by atoms with E-state index >= 15 is 0 Å². The van der Waals surface area contributed by atoms with Crippen LogP contribution in [-0.2, 0) is 25.3 Å². The van der Waals surface area contributed by atoms with Crippen molar-refractivity contribution in [1.29, 1.82) is 0 Å². The maximum absolute atomic E-state index is 5.59. The van der Waals surface area contributed by atoms with Crippen molar-refractivity contribution in [2.24, 2.45) is 5.73 Å². The first kappa shape index (κ1) is 19.9. The average molecular weight is 328 g/mol. The Bertz CT molecular complexity index is 63.6. The minimum atomic E-state index is 0.0892. The Hall–Kier alpha value is 1.46. The molecule has 0 bridgehead atoms. The molecule has 0 spiro atoms. The van der Waals surface area contributed by atoms with E-state index in [2.05, 4.69) is 39.1 Å². The fourth-order valence-electron chi connectivity index (χ4n) is 0.726. The van der Waals surface area contributed by atoms with Gasteiger partial charge >= 0.3 is 68.5 Å². The predicted octanol–water partition coefficient (Wildman–Crippen LogP) is 2.00. The molecule has 13 heavy (non-hydrogen) atoms. The molecule has 0 aliphatic heterocycles. The van der Waals surface area contributed by atoms with E-state index in [1.165, 1.54) is 21.7 Å². The van der Waals surface area contributed by atoms with Crippen LogP contribution in [0.3, 0.4) is 0 Å². The van der Waals surface area contributed by atoms with Crippen molar-refractivity contribution < 1.29 is 0 Å². The third-order valence-corrected chi connectivity index (χ3v) is 4.71. The zero-order valence-corrected chi connectivity index (χ0v) is 13.8. The summed E-state index contributed by atoms with van der Waals surface area (Å²) >= 11 is 8.26. The molecular formula is C9H23NS2Sn. The van der Waals surface area contributed by atoms with Gasteiger partial charge in [-0.15, -0.1) is 0 Å². The summed E-state index contributed by atoms with van der Waals surface area (Å²) < 4.78 is 3.02. The van der Waals surface area contributed by atoms with E-state index in [1.807, 2.05) is 0 Å². The third kappa shape index (κ3) is 31.8. The van der Waals surface area contributed by atoms with E-state index in [1.54, 1.807) is 12.5 Å². The summed E-state index contributed by atoms with van der Waals surface area (Å²) in [5.74, 6) is 0. The predicted molar refractivity (Wildman–Crippen MR) is 70.5 cm³/mol. The van der Waals surface area contributed by atoms with Crippen LogP contribution in [-0.4, -0.2) is 39.7 Å². The van der Waals surface area contributed by atoms with E-state index in [0.717, 1.165) is 0 Å². The molecular weight excluding hydrogens is 305 g/mol. The summed E-state index contributed by atoms with van der Waals surface area (Å²) in [6.45, 7) is 4.40. The molecule has 1 unspecified atom stereocenters. The van der Waals surface area contributed by atoms with Crippen LogP contribution in [0.25, 0.3) is 0 Å². The summed E-state index contributed by atoms with van der Waals surface area (Å²) in [6, 6.07) is 0.432. The van der Waals surface area contributed by atoms with E-state index in [9.17, 15) is 0 Å². The van der Waals surface area contributed by atoms with Crippen LogP contribution in [0.4, 0.5) is 0 Å². The fourth-order valence-corrected chi connectivity index (χ4v) is 3.03. The van der Waals surface area contributed by atoms with Gasteiger partial charge < -0.3 is 25.3 Å². The van der Waals surface area contributed by atoms with Crippen LogP contribution >= 0.6 is 0 Å². The largest absolute Gasteiger partial charge is 0.796 e. The molecule has 0 aromatic carbocycles. The van der Waals surface area contributed by atoms with Crippen LogP contribution in [0.2, 0.25) is 8.87 Å². The zero-order chi connectivity index (χ0) is 11.1. The van der Waals surface area contributed by atoms with Crippen LogP contribution in [0.5, 0.6) is 0 Å². The Kier molecular flexibility index (Phi) is 35.8. The third-order valence-electron chi connectivity index (χ3n) is 1.26. The number of rotatable bonds is 5. The molecule has 1 nitrogen and oxygen atoms in total. The molecule has 1 atom stereocenters. The maximum atomic E-state index is 5.59. The molecule has 0 radical (unpaired) electrons. The molecule has 0 saturated heterocycles. The quantitative estimate of drug-likeness (QED) is 0.475. The number of nitrogens with two attached hydrogens (primary N) is 1. The van der Waals surface area contributed by atoms with Gasteiger partial charge in [0.2, 0.25) is 0 Å². The second kappa shape index (κ2) is 23.3. The molecule has 0 aliphatic rings. The first-order valence-corrected chi connectivity index (χ1v) is 10.2. The molecule has 4 heteroatoms. The molecule has 0 saturated carbocycles. The van der Waals surface area contributed by atoms with Gasteiger partial charge in [-0.1, -0.05) is 0 Å². The first-order valence-electron chi connectivity index (χ1n) is 4.55. The Morgan fingerprint density at radius 1 is 1.23 bits per heavy atom. The second-order valence-corrected chi connectivity index (χ2v) is 7.35. The first-order chi connectivity index (χ1) is 6.27. The smallest absolute Gasteiger partial charge is 0.189 e. The summed E-state index contributed by atoms with van der Waals surface area (Å²) in [4.78, 5) is 0. The van der Waals surface area contributed by atoms with E-state index < -0.39 is 0 Å². The molecule has 0 amide bonds. The monoisotopic (exact) mass is 329 g/mol. The van der Waals surface area contributed by atoms with Gasteiger partial charge in [0.1, 0.15) is 0 Å². The van der Waals surface area contributed by atoms with Gasteiger partial charge in [0.15, 0.2) is 0 Å². The summed E-state index contributed by atoms with van der Waals surface area (Å²) in [5.41, 5.74) is 5.59. The Morgan fingerprint density at radius 2 is 1.69 bits per heavy atom. The van der Waals surface area contributed by atoms with Crippen molar-refractivity contribution in [1.82, 2.24) is 0 Å². The van der Waals surface area contributed by atoms with Gasteiger partial charge in [-0.25, -0.2) is 0 Å². The van der Waals surface area contributed by atoms with Gasteiger partial charge in [0.25, 0.3) is 0 Å². The Labute approximate surface area is 106 Å². The second-order valence-electron chi connectivity index (χ2n) is 2.47. The van der Waals surface area contributed by atoms with Crippen molar-refractivity contribution in [2.75, 3.05) is 12.5 Å². The molecule has 0 heterocycles. The molecule has 0 aromatic rings. The summed E-state index contributed by atoms with van der Waals surface area (Å²) in [7, 11) is 0. The fraction of sp³-hybridized carbons (Fsp3) is 1.00. The molecule has 0 fully saturated rings. The standard InChI is InChI=1S/C5H12N.C2H5.2CH4S.Sn/c1-3-4-5(2)6;3*1-2;/h5H,1,3-4,6H2,2H3;1H2,2H3;2*2H,1H3;/q;;;;+2/p-2. The van der Waals surface area contributed by atoms with Gasteiger partial charge in [-0.2, -0.15) is 12.5 Å². The van der Waals surface area contributed by atoms with Crippen LogP contribution in [0, 0.1) is 0 Å². The van der Waals surface area contributed by atoms with Crippen molar-refractivity contribution in [2.45, 2.75) is 41.6 Å². The Balaban J connectivity index is -0.000000218. The topological polar surface area (TPSA) is 26.0 Å². The van der Waals surface area contributed by atoms with Crippen LogP contribution < -0.4 is 5.73 Å². The molecule has 0 rings (SSSR count). The molecule has 2 N–H and O–H groups in total. The summed E-state index contributed by atoms with van der Waals surface area (Å²) in [6.07, 6.45) is 5.79. The van der Waals surface area contributed by atoms with E-state index in [-0.39, 0.29) is 21.1 Å². The van der Waals surface area contributed by atoms with Crippen LogP contribution in [0.1, 0.15) is 26.7 Å². The van der Waals surface area contributed by atoms with Crippen LogP contribution in [0.15, 0.2) is 0 Å². The normalized spacial score (nSPS) is 9.77. The van der Waals surface area contributed by atoms with E-state index in [4.69, 9.17) is 5.73 Å². The number of hydrogen-bond acceptors (Lipinski definition) is 3.